The number of hydrogen-bond donors (Lipinski definition) is 1. The van der Waals surface area contributed by atoms with Gasteiger partial charge in [0.15, 0.2) is 11.6 Å². The van der Waals surface area contributed by atoms with Gasteiger partial charge in [-0.1, -0.05) is 31.9 Å². The molecule has 0 amide bonds. The third-order valence-corrected chi connectivity index (χ3v) is 3.32. The molecule has 0 aliphatic carbocycles. The molecular formula is C13H6Br2F2N2. The van der Waals surface area contributed by atoms with Gasteiger partial charge in [0, 0.05) is 8.95 Å². The van der Waals surface area contributed by atoms with Gasteiger partial charge in [0.2, 0.25) is 0 Å². The van der Waals surface area contributed by atoms with E-state index in [1.165, 1.54) is 0 Å². The Kier molecular flexibility index (Phi) is 4.17. The predicted octanol–water partition coefficient (Wildman–Crippen LogP) is 5.11. The number of nitrogens with zero attached hydrogens (tertiary/aromatic N) is 1. The lowest BCUT2D eigenvalue weighted by molar-refractivity contribution is 0.589. The number of nitrogens with one attached hydrogen (secondary N) is 1. The van der Waals surface area contributed by atoms with Crippen LogP contribution in [0.1, 0.15) is 5.56 Å². The van der Waals surface area contributed by atoms with E-state index in [4.69, 9.17) is 5.26 Å². The van der Waals surface area contributed by atoms with Gasteiger partial charge in [0.05, 0.1) is 11.3 Å². The quantitative estimate of drug-likeness (QED) is 0.777. The van der Waals surface area contributed by atoms with Crippen molar-refractivity contribution in [3.05, 3.63) is 56.5 Å². The fraction of sp³-hybridized carbons (Fsp3) is 0. The second-order valence-corrected chi connectivity index (χ2v) is 5.50. The second kappa shape index (κ2) is 5.68. The van der Waals surface area contributed by atoms with Crippen LogP contribution in [0.15, 0.2) is 39.3 Å². The molecule has 19 heavy (non-hydrogen) atoms. The molecule has 0 saturated carbocycles. The Bertz CT molecular complexity index is 658. The molecule has 0 radical (unpaired) electrons. The molecule has 0 fully saturated rings. The van der Waals surface area contributed by atoms with E-state index in [2.05, 4.69) is 37.2 Å². The molecule has 2 nitrogen and oxygen atoms in total. The van der Waals surface area contributed by atoms with Crippen molar-refractivity contribution >= 4 is 43.2 Å². The van der Waals surface area contributed by atoms with E-state index in [0.29, 0.717) is 20.2 Å². The summed E-state index contributed by atoms with van der Waals surface area (Å²) < 4.78 is 28.4. The van der Waals surface area contributed by atoms with Gasteiger partial charge in [-0.2, -0.15) is 5.26 Å². The molecule has 0 aromatic heterocycles. The summed E-state index contributed by atoms with van der Waals surface area (Å²) in [5, 5.41) is 11.6. The molecule has 0 aliphatic rings. The van der Waals surface area contributed by atoms with Crippen LogP contribution in [0.5, 0.6) is 0 Å². The summed E-state index contributed by atoms with van der Waals surface area (Å²) in [5.74, 6) is -1.48. The van der Waals surface area contributed by atoms with E-state index in [0.717, 1.165) is 12.1 Å². The van der Waals surface area contributed by atoms with Crippen LogP contribution in [0.3, 0.4) is 0 Å². The molecule has 1 N–H and O–H groups in total. The number of nitriles is 1. The van der Waals surface area contributed by atoms with Gasteiger partial charge < -0.3 is 5.32 Å². The van der Waals surface area contributed by atoms with Gasteiger partial charge in [0.25, 0.3) is 0 Å². The fourth-order valence-corrected chi connectivity index (χ4v) is 2.28. The molecule has 0 saturated heterocycles. The van der Waals surface area contributed by atoms with Gasteiger partial charge >= 0.3 is 0 Å². The minimum atomic E-state index is -0.740. The van der Waals surface area contributed by atoms with Crippen molar-refractivity contribution in [2.24, 2.45) is 0 Å². The van der Waals surface area contributed by atoms with Crippen LogP contribution in [-0.4, -0.2) is 0 Å². The summed E-state index contributed by atoms with van der Waals surface area (Å²) in [6.07, 6.45) is 0. The lowest BCUT2D eigenvalue weighted by Crippen LogP contribution is -1.99. The second-order valence-electron chi connectivity index (χ2n) is 3.67. The molecule has 0 aliphatic heterocycles. The predicted molar refractivity (Wildman–Crippen MR) is 76.2 cm³/mol. The standard InChI is InChI=1S/C13H6Br2F2N2/c14-8-2-1-7(6-18)12(5-8)19-13-10(16)3-9(15)4-11(13)17/h1-5,19H. The van der Waals surface area contributed by atoms with Crippen molar-refractivity contribution in [1.82, 2.24) is 0 Å². The largest absolute Gasteiger partial charge is 0.350 e. The van der Waals surface area contributed by atoms with E-state index in [1.807, 2.05) is 6.07 Å². The zero-order valence-corrected chi connectivity index (χ0v) is 12.5. The van der Waals surface area contributed by atoms with Gasteiger partial charge in [-0.3, -0.25) is 0 Å². The van der Waals surface area contributed by atoms with Gasteiger partial charge in [-0.25, -0.2) is 8.78 Å². The molecule has 6 heteroatoms. The maximum Gasteiger partial charge on any atom is 0.150 e. The van der Waals surface area contributed by atoms with Crippen molar-refractivity contribution < 1.29 is 8.78 Å². The van der Waals surface area contributed by atoms with Crippen LogP contribution in [-0.2, 0) is 0 Å². The number of hydrogen-bond acceptors (Lipinski definition) is 2. The van der Waals surface area contributed by atoms with E-state index in [-0.39, 0.29) is 5.69 Å². The monoisotopic (exact) mass is 386 g/mol. The van der Waals surface area contributed by atoms with Gasteiger partial charge in [0.1, 0.15) is 11.8 Å². The van der Waals surface area contributed by atoms with Crippen LogP contribution >= 0.6 is 31.9 Å². The fourth-order valence-electron chi connectivity index (χ4n) is 1.51. The molecule has 0 spiro atoms. The van der Waals surface area contributed by atoms with E-state index in [9.17, 15) is 8.78 Å². The Morgan fingerprint density at radius 1 is 1.00 bits per heavy atom. The van der Waals surface area contributed by atoms with Crippen molar-refractivity contribution in [2.75, 3.05) is 5.32 Å². The highest BCUT2D eigenvalue weighted by molar-refractivity contribution is 9.10. The molecule has 2 aromatic carbocycles. The van der Waals surface area contributed by atoms with Crippen LogP contribution in [0.25, 0.3) is 0 Å². The molecule has 0 bridgehead atoms. The van der Waals surface area contributed by atoms with Crippen LogP contribution in [0.4, 0.5) is 20.2 Å². The lowest BCUT2D eigenvalue weighted by atomic mass is 10.2. The highest BCUT2D eigenvalue weighted by Crippen LogP contribution is 2.29. The smallest absolute Gasteiger partial charge is 0.150 e. The third-order valence-electron chi connectivity index (χ3n) is 2.37. The van der Waals surface area contributed by atoms with E-state index < -0.39 is 11.6 Å². The summed E-state index contributed by atoms with van der Waals surface area (Å²) >= 11 is 6.25. The molecule has 0 atom stereocenters. The van der Waals surface area contributed by atoms with Crippen molar-refractivity contribution in [3.63, 3.8) is 0 Å². The first kappa shape index (κ1) is 14.0. The molecular weight excluding hydrogens is 382 g/mol. The van der Waals surface area contributed by atoms with E-state index >= 15 is 0 Å². The van der Waals surface area contributed by atoms with Crippen molar-refractivity contribution in [1.29, 1.82) is 5.26 Å². The maximum atomic E-state index is 13.7. The minimum absolute atomic E-state index is 0.294. The summed E-state index contributed by atoms with van der Waals surface area (Å²) in [6, 6.07) is 9.07. The summed E-state index contributed by atoms with van der Waals surface area (Å²) in [6.45, 7) is 0. The summed E-state index contributed by atoms with van der Waals surface area (Å²) in [7, 11) is 0. The van der Waals surface area contributed by atoms with Crippen LogP contribution < -0.4 is 5.32 Å². The first-order chi connectivity index (χ1) is 9.01. The number of rotatable bonds is 2. The van der Waals surface area contributed by atoms with Crippen LogP contribution in [0, 0.1) is 23.0 Å². The minimum Gasteiger partial charge on any atom is -0.350 e. The third kappa shape index (κ3) is 3.11. The molecule has 2 rings (SSSR count). The zero-order chi connectivity index (χ0) is 14.0. The molecule has 96 valence electrons. The lowest BCUT2D eigenvalue weighted by Gasteiger charge is -2.11. The number of anilines is 2. The summed E-state index contributed by atoms with van der Waals surface area (Å²) in [5.41, 5.74) is 0.333. The Balaban J connectivity index is 2.48. The van der Waals surface area contributed by atoms with Gasteiger partial charge in [-0.05, 0) is 30.3 Å². The summed E-state index contributed by atoms with van der Waals surface area (Å²) in [4.78, 5) is 0. The van der Waals surface area contributed by atoms with Crippen molar-refractivity contribution in [2.45, 2.75) is 0 Å². The topological polar surface area (TPSA) is 35.8 Å². The average Bonchev–Trinajstić information content (AvgIpc) is 2.34. The Morgan fingerprint density at radius 2 is 1.63 bits per heavy atom. The molecule has 2 aromatic rings. The zero-order valence-electron chi connectivity index (χ0n) is 9.35. The Labute approximate surface area is 125 Å². The van der Waals surface area contributed by atoms with E-state index in [1.54, 1.807) is 18.2 Å². The SMILES string of the molecule is N#Cc1ccc(Br)cc1Nc1c(F)cc(Br)cc1F. The van der Waals surface area contributed by atoms with Crippen LogP contribution in [0.2, 0.25) is 0 Å². The number of benzene rings is 2. The van der Waals surface area contributed by atoms with Gasteiger partial charge in [-0.15, -0.1) is 0 Å². The Hall–Kier alpha value is -1.45. The van der Waals surface area contributed by atoms with Crippen molar-refractivity contribution in [3.8, 4) is 6.07 Å². The molecule has 0 unspecified atom stereocenters. The maximum absolute atomic E-state index is 13.7. The average molecular weight is 388 g/mol. The highest BCUT2D eigenvalue weighted by atomic mass is 79.9. The first-order valence-electron chi connectivity index (χ1n) is 5.12. The molecule has 0 heterocycles. The Morgan fingerprint density at radius 3 is 2.21 bits per heavy atom. The first-order valence-corrected chi connectivity index (χ1v) is 6.71. The highest BCUT2D eigenvalue weighted by Gasteiger charge is 2.12. The number of halogens is 4. The normalized spacial score (nSPS) is 10.1.